The van der Waals surface area contributed by atoms with Crippen molar-refractivity contribution < 1.29 is 9.53 Å². The van der Waals surface area contributed by atoms with E-state index in [1.165, 1.54) is 0 Å². The molecule has 2 rings (SSSR count). The smallest absolute Gasteiger partial charge is 0.222 e. The summed E-state index contributed by atoms with van der Waals surface area (Å²) in [5, 5.41) is 0. The minimum atomic E-state index is 0.0401. The molecule has 0 aliphatic carbocycles. The molecule has 15 heavy (non-hydrogen) atoms. The van der Waals surface area contributed by atoms with Crippen LogP contribution in [0.3, 0.4) is 0 Å². The minimum Gasteiger partial charge on any atom is -0.473 e. The van der Waals surface area contributed by atoms with Gasteiger partial charge >= 0.3 is 0 Å². The van der Waals surface area contributed by atoms with Gasteiger partial charge in [0, 0.05) is 19.0 Å². The van der Waals surface area contributed by atoms with Gasteiger partial charge in [-0.3, -0.25) is 4.79 Å². The van der Waals surface area contributed by atoms with E-state index in [0.29, 0.717) is 13.3 Å². The quantitative estimate of drug-likeness (QED) is 0.697. The summed E-state index contributed by atoms with van der Waals surface area (Å²) < 4.78 is 5.50. The summed E-state index contributed by atoms with van der Waals surface area (Å²) in [4.78, 5) is 12.7. The Hall–Kier alpha value is -1.77. The second-order valence-corrected chi connectivity index (χ2v) is 3.45. The van der Waals surface area contributed by atoms with Gasteiger partial charge in [-0.15, -0.1) is 0 Å². The molecule has 0 N–H and O–H groups in total. The van der Waals surface area contributed by atoms with E-state index in [2.05, 4.69) is 0 Å². The van der Waals surface area contributed by atoms with Crippen LogP contribution in [-0.2, 0) is 9.53 Å². The van der Waals surface area contributed by atoms with Gasteiger partial charge in [0.15, 0.2) is 6.73 Å². The number of hydrogen-bond acceptors (Lipinski definition) is 2. The Balaban J connectivity index is 2.12. The van der Waals surface area contributed by atoms with E-state index in [-0.39, 0.29) is 5.91 Å². The van der Waals surface area contributed by atoms with E-state index in [4.69, 9.17) is 4.74 Å². The summed E-state index contributed by atoms with van der Waals surface area (Å²) >= 11 is 0. The Morgan fingerprint density at radius 2 is 2.07 bits per heavy atom. The van der Waals surface area contributed by atoms with E-state index in [9.17, 15) is 4.79 Å². The van der Waals surface area contributed by atoms with Gasteiger partial charge in [0.2, 0.25) is 5.91 Å². The lowest BCUT2D eigenvalue weighted by atomic mass is 10.1. The van der Waals surface area contributed by atoms with Crippen LogP contribution >= 0.6 is 0 Å². The summed E-state index contributed by atoms with van der Waals surface area (Å²) in [6.45, 7) is 2.51. The molecule has 3 heteroatoms. The van der Waals surface area contributed by atoms with E-state index in [1.54, 1.807) is 11.8 Å². The maximum atomic E-state index is 11.1. The highest BCUT2D eigenvalue weighted by molar-refractivity contribution is 5.74. The van der Waals surface area contributed by atoms with Crippen molar-refractivity contribution in [1.29, 1.82) is 0 Å². The third-order valence-electron chi connectivity index (χ3n) is 2.38. The van der Waals surface area contributed by atoms with Crippen molar-refractivity contribution in [2.45, 2.75) is 6.92 Å². The first-order chi connectivity index (χ1) is 7.27. The Labute approximate surface area is 89.0 Å². The highest BCUT2D eigenvalue weighted by Gasteiger charge is 2.14. The molecule has 1 aliphatic heterocycles. The first kappa shape index (κ1) is 9.77. The average Bonchev–Trinajstić information content (AvgIpc) is 2.30. The van der Waals surface area contributed by atoms with Gasteiger partial charge in [0.1, 0.15) is 5.76 Å². The molecule has 0 spiro atoms. The summed E-state index contributed by atoms with van der Waals surface area (Å²) in [6, 6.07) is 9.90. The fourth-order valence-electron chi connectivity index (χ4n) is 1.48. The molecule has 1 amide bonds. The van der Waals surface area contributed by atoms with Gasteiger partial charge in [-0.1, -0.05) is 30.3 Å². The van der Waals surface area contributed by atoms with Gasteiger partial charge in [-0.05, 0) is 6.08 Å². The molecule has 0 saturated carbocycles. The maximum Gasteiger partial charge on any atom is 0.222 e. The predicted molar refractivity (Wildman–Crippen MR) is 57.8 cm³/mol. The van der Waals surface area contributed by atoms with E-state index in [0.717, 1.165) is 11.3 Å². The lowest BCUT2D eigenvalue weighted by molar-refractivity contribution is -0.132. The SMILES string of the molecule is CC(=O)N1CC=C(c2ccccc2)OC1. The topological polar surface area (TPSA) is 29.5 Å². The molecule has 1 heterocycles. The van der Waals surface area contributed by atoms with Crippen molar-refractivity contribution >= 4 is 11.7 Å². The molecule has 0 saturated heterocycles. The Kier molecular flexibility index (Phi) is 2.72. The molecule has 0 fully saturated rings. The van der Waals surface area contributed by atoms with Crippen LogP contribution in [-0.4, -0.2) is 24.1 Å². The number of rotatable bonds is 1. The van der Waals surface area contributed by atoms with Gasteiger partial charge in [-0.25, -0.2) is 0 Å². The standard InChI is InChI=1S/C12H13NO2/c1-10(14)13-8-7-12(15-9-13)11-5-3-2-4-6-11/h2-7H,8-9H2,1H3. The van der Waals surface area contributed by atoms with Crippen molar-refractivity contribution in [2.75, 3.05) is 13.3 Å². The molecule has 0 bridgehead atoms. The van der Waals surface area contributed by atoms with Crippen LogP contribution in [0.2, 0.25) is 0 Å². The van der Waals surface area contributed by atoms with E-state index in [1.807, 2.05) is 36.4 Å². The van der Waals surface area contributed by atoms with Crippen LogP contribution in [0.4, 0.5) is 0 Å². The molecule has 1 aromatic carbocycles. The molecule has 0 aromatic heterocycles. The Morgan fingerprint density at radius 1 is 1.33 bits per heavy atom. The van der Waals surface area contributed by atoms with Gasteiger partial charge in [-0.2, -0.15) is 0 Å². The molecule has 1 aromatic rings. The zero-order valence-corrected chi connectivity index (χ0v) is 8.64. The highest BCUT2D eigenvalue weighted by Crippen LogP contribution is 2.19. The third-order valence-corrected chi connectivity index (χ3v) is 2.38. The Morgan fingerprint density at radius 3 is 2.60 bits per heavy atom. The lowest BCUT2D eigenvalue weighted by Gasteiger charge is -2.25. The van der Waals surface area contributed by atoms with Crippen LogP contribution in [0.25, 0.3) is 5.76 Å². The van der Waals surface area contributed by atoms with Crippen molar-refractivity contribution in [3.8, 4) is 0 Å². The van der Waals surface area contributed by atoms with Crippen molar-refractivity contribution in [2.24, 2.45) is 0 Å². The zero-order chi connectivity index (χ0) is 10.7. The molecule has 3 nitrogen and oxygen atoms in total. The summed E-state index contributed by atoms with van der Waals surface area (Å²) in [5.74, 6) is 0.895. The van der Waals surface area contributed by atoms with Crippen molar-refractivity contribution in [1.82, 2.24) is 4.90 Å². The number of ether oxygens (including phenoxy) is 1. The molecule has 0 atom stereocenters. The summed E-state index contributed by atoms with van der Waals surface area (Å²) in [5.41, 5.74) is 1.06. The fourth-order valence-corrected chi connectivity index (χ4v) is 1.48. The first-order valence-corrected chi connectivity index (χ1v) is 4.91. The average molecular weight is 203 g/mol. The summed E-state index contributed by atoms with van der Waals surface area (Å²) in [6.07, 6.45) is 1.93. The lowest BCUT2D eigenvalue weighted by Crippen LogP contribution is -2.33. The second-order valence-electron chi connectivity index (χ2n) is 3.45. The number of nitrogens with zero attached hydrogens (tertiary/aromatic N) is 1. The van der Waals surface area contributed by atoms with Crippen molar-refractivity contribution in [3.63, 3.8) is 0 Å². The molecule has 1 aliphatic rings. The fraction of sp³-hybridized carbons (Fsp3) is 0.250. The maximum absolute atomic E-state index is 11.1. The molecule has 0 unspecified atom stereocenters. The molecule has 0 radical (unpaired) electrons. The molecule has 78 valence electrons. The minimum absolute atomic E-state index is 0.0401. The van der Waals surface area contributed by atoms with Crippen LogP contribution in [0.1, 0.15) is 12.5 Å². The molecular weight excluding hydrogens is 190 g/mol. The zero-order valence-electron chi connectivity index (χ0n) is 8.64. The number of carbonyl (C=O) groups is 1. The van der Waals surface area contributed by atoms with Gasteiger partial charge in [0.25, 0.3) is 0 Å². The first-order valence-electron chi connectivity index (χ1n) is 4.91. The van der Waals surface area contributed by atoms with Gasteiger partial charge in [0.05, 0.1) is 0 Å². The number of benzene rings is 1. The van der Waals surface area contributed by atoms with Crippen LogP contribution in [0.15, 0.2) is 36.4 Å². The largest absolute Gasteiger partial charge is 0.473 e. The Bertz CT molecular complexity index is 384. The highest BCUT2D eigenvalue weighted by atomic mass is 16.5. The predicted octanol–water partition coefficient (Wildman–Crippen LogP) is 1.86. The van der Waals surface area contributed by atoms with Crippen molar-refractivity contribution in [3.05, 3.63) is 42.0 Å². The summed E-state index contributed by atoms with van der Waals surface area (Å²) in [7, 11) is 0. The van der Waals surface area contributed by atoms with Crippen LogP contribution < -0.4 is 0 Å². The normalized spacial score (nSPS) is 15.5. The van der Waals surface area contributed by atoms with Crippen LogP contribution in [0, 0.1) is 0 Å². The number of carbonyl (C=O) groups excluding carboxylic acids is 1. The van der Waals surface area contributed by atoms with Crippen LogP contribution in [0.5, 0.6) is 0 Å². The van der Waals surface area contributed by atoms with E-state index < -0.39 is 0 Å². The van der Waals surface area contributed by atoms with E-state index >= 15 is 0 Å². The second kappa shape index (κ2) is 4.17. The monoisotopic (exact) mass is 203 g/mol. The third kappa shape index (κ3) is 2.18. The number of hydrogen-bond donors (Lipinski definition) is 0. The molecular formula is C12H13NO2. The van der Waals surface area contributed by atoms with Gasteiger partial charge < -0.3 is 9.64 Å². The number of amides is 1.